The molecule has 0 atom stereocenters. The zero-order valence-electron chi connectivity index (χ0n) is 9.16. The molecule has 0 unspecified atom stereocenters. The number of hydrogen-bond acceptors (Lipinski definition) is 8. The van der Waals surface area contributed by atoms with Crippen LogP contribution in [-0.2, 0) is 6.54 Å². The van der Waals surface area contributed by atoms with Gasteiger partial charge in [0.2, 0.25) is 11.8 Å². The predicted molar refractivity (Wildman–Crippen MR) is 62.5 cm³/mol. The summed E-state index contributed by atoms with van der Waals surface area (Å²) in [5, 5.41) is 13.6. The van der Waals surface area contributed by atoms with Gasteiger partial charge < -0.3 is 9.73 Å². The van der Waals surface area contributed by atoms with Crippen molar-refractivity contribution < 1.29 is 9.34 Å². The topological polar surface area (TPSA) is 132 Å². The Labute approximate surface area is 101 Å². The zero-order valence-corrected chi connectivity index (χ0v) is 9.16. The Morgan fingerprint density at radius 3 is 3.00 bits per heavy atom. The highest BCUT2D eigenvalue weighted by molar-refractivity contribution is 5.56. The number of anilines is 2. The summed E-state index contributed by atoms with van der Waals surface area (Å²) < 4.78 is 4.89. The minimum atomic E-state index is -0.571. The van der Waals surface area contributed by atoms with E-state index in [0.29, 0.717) is 6.54 Å². The van der Waals surface area contributed by atoms with E-state index in [1.807, 2.05) is 0 Å². The van der Waals surface area contributed by atoms with Gasteiger partial charge in [0.15, 0.2) is 0 Å². The molecule has 0 aliphatic heterocycles. The van der Waals surface area contributed by atoms with E-state index in [4.69, 9.17) is 10.3 Å². The maximum atomic E-state index is 10.8. The van der Waals surface area contributed by atoms with Gasteiger partial charge in [0.1, 0.15) is 6.20 Å². The first-order valence-corrected chi connectivity index (χ1v) is 4.93. The van der Waals surface area contributed by atoms with Crippen LogP contribution in [0.3, 0.4) is 0 Å². The van der Waals surface area contributed by atoms with Gasteiger partial charge in [0, 0.05) is 12.1 Å². The van der Waals surface area contributed by atoms with Gasteiger partial charge in [-0.15, -0.1) is 0 Å². The van der Waals surface area contributed by atoms with E-state index in [9.17, 15) is 10.1 Å². The van der Waals surface area contributed by atoms with E-state index in [-0.39, 0.29) is 17.5 Å². The zero-order chi connectivity index (χ0) is 13.0. The molecule has 0 spiro atoms. The molecule has 0 aliphatic rings. The van der Waals surface area contributed by atoms with Crippen LogP contribution in [0.25, 0.3) is 0 Å². The molecule has 18 heavy (non-hydrogen) atoms. The van der Waals surface area contributed by atoms with Gasteiger partial charge in [0.25, 0.3) is 0 Å². The molecule has 0 aromatic carbocycles. The van der Waals surface area contributed by atoms with Crippen LogP contribution in [0.4, 0.5) is 17.5 Å². The van der Waals surface area contributed by atoms with Crippen molar-refractivity contribution in [3.8, 4) is 0 Å². The smallest absolute Gasteiger partial charge is 0.329 e. The summed E-state index contributed by atoms with van der Waals surface area (Å²) in [6.07, 6.45) is 4.13. The minimum absolute atomic E-state index is 0.0872. The second kappa shape index (κ2) is 5.10. The molecule has 0 aliphatic carbocycles. The molecule has 0 saturated carbocycles. The quantitative estimate of drug-likeness (QED) is 0.404. The van der Waals surface area contributed by atoms with E-state index in [1.54, 1.807) is 6.07 Å². The molecule has 94 valence electrons. The van der Waals surface area contributed by atoms with Crippen LogP contribution in [0.5, 0.6) is 0 Å². The Kier molecular flexibility index (Phi) is 3.34. The molecule has 9 nitrogen and oxygen atoms in total. The highest BCUT2D eigenvalue weighted by Crippen LogP contribution is 2.22. The molecule has 9 heteroatoms. The van der Waals surface area contributed by atoms with Gasteiger partial charge in [-0.1, -0.05) is 0 Å². The molecule has 2 aromatic rings. The average Bonchev–Trinajstić information content (AvgIpc) is 2.88. The summed E-state index contributed by atoms with van der Waals surface area (Å²) >= 11 is 0. The monoisotopic (exact) mass is 250 g/mol. The summed E-state index contributed by atoms with van der Waals surface area (Å²) in [5.74, 6) is 5.33. The van der Waals surface area contributed by atoms with E-state index in [1.165, 1.54) is 12.5 Å². The molecule has 2 heterocycles. The fourth-order valence-corrected chi connectivity index (χ4v) is 1.29. The van der Waals surface area contributed by atoms with Gasteiger partial charge in [-0.25, -0.2) is 10.8 Å². The lowest BCUT2D eigenvalue weighted by molar-refractivity contribution is -0.384. The number of hydrazine groups is 1. The third kappa shape index (κ3) is 2.52. The Balaban J connectivity index is 2.20. The first kappa shape index (κ1) is 11.8. The molecule has 4 N–H and O–H groups in total. The standard InChI is InChI=1S/C9H10N6O3/c10-14-9-12-4-7(15(16)17)8(13-9)11-3-6-1-2-18-5-6/h1-2,4-5H,3,10H2,(H2,11,12,13,14). The van der Waals surface area contributed by atoms with Gasteiger partial charge in [0.05, 0.1) is 17.4 Å². The second-order valence-electron chi connectivity index (χ2n) is 3.31. The van der Waals surface area contributed by atoms with Crippen molar-refractivity contribution in [2.75, 3.05) is 10.7 Å². The fraction of sp³-hybridized carbons (Fsp3) is 0.111. The Bertz CT molecular complexity index is 541. The summed E-state index contributed by atoms with van der Waals surface area (Å²) in [6, 6.07) is 1.74. The Morgan fingerprint density at radius 1 is 1.56 bits per heavy atom. The van der Waals surface area contributed by atoms with Crippen molar-refractivity contribution >= 4 is 17.5 Å². The van der Waals surface area contributed by atoms with Crippen LogP contribution in [0.1, 0.15) is 5.56 Å². The molecule has 0 radical (unpaired) electrons. The van der Waals surface area contributed by atoms with Crippen LogP contribution in [0, 0.1) is 10.1 Å². The predicted octanol–water partition coefficient (Wildman–Crippen LogP) is 0.875. The highest BCUT2D eigenvalue weighted by Gasteiger charge is 2.16. The van der Waals surface area contributed by atoms with Crippen LogP contribution >= 0.6 is 0 Å². The minimum Gasteiger partial charge on any atom is -0.472 e. The third-order valence-electron chi connectivity index (χ3n) is 2.14. The maximum Gasteiger partial charge on any atom is 0.329 e. The summed E-state index contributed by atoms with van der Waals surface area (Å²) in [4.78, 5) is 17.8. The van der Waals surface area contributed by atoms with Gasteiger partial charge >= 0.3 is 5.69 Å². The SMILES string of the molecule is NNc1ncc([N+](=O)[O-])c(NCc2ccoc2)n1. The molecule has 2 aromatic heterocycles. The number of nitrogens with two attached hydrogens (primary N) is 1. The number of furan rings is 1. The number of rotatable bonds is 5. The normalized spacial score (nSPS) is 10.1. The van der Waals surface area contributed by atoms with Crippen LogP contribution < -0.4 is 16.6 Å². The lowest BCUT2D eigenvalue weighted by Crippen LogP contribution is -2.13. The summed E-state index contributed by atoms with van der Waals surface area (Å²) in [5.41, 5.74) is 2.84. The molecular weight excluding hydrogens is 240 g/mol. The summed E-state index contributed by atoms with van der Waals surface area (Å²) in [6.45, 7) is 0.346. The van der Waals surface area contributed by atoms with E-state index >= 15 is 0 Å². The number of nitrogens with zero attached hydrogens (tertiary/aromatic N) is 3. The van der Waals surface area contributed by atoms with Crippen LogP contribution in [-0.4, -0.2) is 14.9 Å². The van der Waals surface area contributed by atoms with E-state index in [2.05, 4.69) is 20.7 Å². The van der Waals surface area contributed by atoms with Crippen molar-refractivity contribution in [2.45, 2.75) is 6.54 Å². The third-order valence-corrected chi connectivity index (χ3v) is 2.14. The van der Waals surface area contributed by atoms with Crippen molar-refractivity contribution in [3.05, 3.63) is 40.5 Å². The maximum absolute atomic E-state index is 10.8. The Hall–Kier alpha value is -2.68. The molecule has 0 amide bonds. The molecule has 2 rings (SSSR count). The summed E-state index contributed by atoms with van der Waals surface area (Å²) in [7, 11) is 0. The average molecular weight is 250 g/mol. The molecule has 0 saturated heterocycles. The first-order chi connectivity index (χ1) is 8.70. The van der Waals surface area contributed by atoms with Crippen molar-refractivity contribution in [2.24, 2.45) is 5.84 Å². The fourth-order valence-electron chi connectivity index (χ4n) is 1.29. The molecule has 0 fully saturated rings. The molecule has 0 bridgehead atoms. The van der Waals surface area contributed by atoms with Crippen molar-refractivity contribution in [1.82, 2.24) is 9.97 Å². The number of nitrogens with one attached hydrogen (secondary N) is 2. The highest BCUT2D eigenvalue weighted by atomic mass is 16.6. The second-order valence-corrected chi connectivity index (χ2v) is 3.31. The van der Waals surface area contributed by atoms with E-state index < -0.39 is 4.92 Å². The van der Waals surface area contributed by atoms with Gasteiger partial charge in [-0.05, 0) is 6.07 Å². The van der Waals surface area contributed by atoms with Gasteiger partial charge in [-0.2, -0.15) is 4.98 Å². The van der Waals surface area contributed by atoms with Crippen LogP contribution in [0.2, 0.25) is 0 Å². The van der Waals surface area contributed by atoms with Gasteiger partial charge in [-0.3, -0.25) is 15.5 Å². The van der Waals surface area contributed by atoms with Crippen molar-refractivity contribution in [3.63, 3.8) is 0 Å². The number of nitrogen functional groups attached to an aromatic ring is 1. The number of hydrogen-bond donors (Lipinski definition) is 3. The van der Waals surface area contributed by atoms with Crippen molar-refractivity contribution in [1.29, 1.82) is 0 Å². The first-order valence-electron chi connectivity index (χ1n) is 4.93. The number of nitro groups is 1. The lowest BCUT2D eigenvalue weighted by Gasteiger charge is -2.05. The lowest BCUT2D eigenvalue weighted by atomic mass is 10.3. The Morgan fingerprint density at radius 2 is 2.39 bits per heavy atom. The number of aromatic nitrogens is 2. The van der Waals surface area contributed by atoms with E-state index in [0.717, 1.165) is 11.8 Å². The molecular formula is C9H10N6O3. The van der Waals surface area contributed by atoms with Crippen LogP contribution in [0.15, 0.2) is 29.2 Å². The largest absolute Gasteiger partial charge is 0.472 e.